The van der Waals surface area contributed by atoms with E-state index in [9.17, 15) is 9.90 Å². The predicted molar refractivity (Wildman–Crippen MR) is 157 cm³/mol. The van der Waals surface area contributed by atoms with Gasteiger partial charge in [-0.05, 0) is 53.2 Å². The summed E-state index contributed by atoms with van der Waals surface area (Å²) >= 11 is 3.34. The Balaban J connectivity index is 1.97. The number of carbonyl (C=O) groups excluding carboxylic acids is 1. The molecule has 6 heteroatoms. The number of phenolic OH excluding ortho intramolecular Hbond substituents is 1. The van der Waals surface area contributed by atoms with Crippen LogP contribution in [0.15, 0.2) is 46.0 Å². The fourth-order valence-electron chi connectivity index (χ4n) is 4.92. The van der Waals surface area contributed by atoms with E-state index in [0.717, 1.165) is 53.2 Å². The molecular weight excluding hydrogens is 528 g/mol. The fraction of sp³-hybridized carbons (Fsp3) is 0.484. The number of methoxy groups -OCH3 is 1. The molecule has 1 unspecified atom stereocenters. The highest BCUT2D eigenvalue weighted by Crippen LogP contribution is 2.40. The van der Waals surface area contributed by atoms with Gasteiger partial charge in [0.15, 0.2) is 5.78 Å². The molecule has 2 aromatic carbocycles. The molecule has 0 aliphatic carbocycles. The second-order valence-electron chi connectivity index (χ2n) is 12.0. The molecule has 200 valence electrons. The van der Waals surface area contributed by atoms with Crippen molar-refractivity contribution < 1.29 is 14.6 Å². The molecule has 1 saturated heterocycles. The Morgan fingerprint density at radius 3 is 2.14 bits per heavy atom. The SMILES string of the molecule is CCCC1CN(CC(=O)c2cc(C(C)(C)C)c(O)c(C(C)(C)C)c2)C(=NBr)/C1=C/c1ccc(OC)cc1. The summed E-state index contributed by atoms with van der Waals surface area (Å²) in [6.45, 7) is 15.5. The van der Waals surface area contributed by atoms with Crippen molar-refractivity contribution in [2.75, 3.05) is 20.2 Å². The summed E-state index contributed by atoms with van der Waals surface area (Å²) in [5.41, 5.74) is 3.83. The molecule has 5 nitrogen and oxygen atoms in total. The minimum Gasteiger partial charge on any atom is -0.507 e. The molecule has 0 saturated carbocycles. The Hall–Kier alpha value is -2.60. The molecule has 1 fully saturated rings. The van der Waals surface area contributed by atoms with E-state index in [1.54, 1.807) is 7.11 Å². The molecule has 37 heavy (non-hydrogen) atoms. The molecule has 0 amide bonds. The first kappa shape index (κ1) is 29.0. The Morgan fingerprint density at radius 2 is 1.68 bits per heavy atom. The van der Waals surface area contributed by atoms with E-state index in [1.807, 2.05) is 36.4 Å². The summed E-state index contributed by atoms with van der Waals surface area (Å²) < 4.78 is 9.75. The van der Waals surface area contributed by atoms with Crippen molar-refractivity contribution in [3.05, 3.63) is 64.2 Å². The zero-order chi connectivity index (χ0) is 27.5. The van der Waals surface area contributed by atoms with E-state index in [-0.39, 0.29) is 34.8 Å². The van der Waals surface area contributed by atoms with Gasteiger partial charge in [0.1, 0.15) is 17.3 Å². The largest absolute Gasteiger partial charge is 0.507 e. The first-order valence-corrected chi connectivity index (χ1v) is 13.7. The van der Waals surface area contributed by atoms with Crippen LogP contribution in [0, 0.1) is 5.92 Å². The van der Waals surface area contributed by atoms with E-state index in [1.165, 1.54) is 0 Å². The van der Waals surface area contributed by atoms with Gasteiger partial charge in [0.25, 0.3) is 0 Å². The minimum absolute atomic E-state index is 0.0191. The third-order valence-corrected chi connectivity index (χ3v) is 7.31. The second kappa shape index (κ2) is 11.4. The third kappa shape index (κ3) is 6.64. The molecule has 1 N–H and O–H groups in total. The number of nitrogens with zero attached hydrogens (tertiary/aromatic N) is 2. The molecule has 0 radical (unpaired) electrons. The van der Waals surface area contributed by atoms with Crippen LogP contribution in [0.25, 0.3) is 6.08 Å². The quantitative estimate of drug-likeness (QED) is 0.347. The van der Waals surface area contributed by atoms with Gasteiger partial charge in [0.2, 0.25) is 0 Å². The summed E-state index contributed by atoms with van der Waals surface area (Å²) in [6.07, 6.45) is 4.23. The van der Waals surface area contributed by atoms with Gasteiger partial charge in [0, 0.05) is 34.7 Å². The van der Waals surface area contributed by atoms with Crippen molar-refractivity contribution in [2.45, 2.75) is 72.1 Å². The highest BCUT2D eigenvalue weighted by molar-refractivity contribution is 9.08. The van der Waals surface area contributed by atoms with Crippen molar-refractivity contribution in [3.63, 3.8) is 0 Å². The number of ether oxygens (including phenoxy) is 1. The maximum absolute atomic E-state index is 13.7. The Labute approximate surface area is 231 Å². The first-order valence-electron chi connectivity index (χ1n) is 13.0. The molecule has 1 atom stereocenters. The lowest BCUT2D eigenvalue weighted by molar-refractivity contribution is 0.0963. The summed E-state index contributed by atoms with van der Waals surface area (Å²) in [7, 11) is 1.66. The van der Waals surface area contributed by atoms with Gasteiger partial charge in [-0.1, -0.05) is 67.0 Å². The minimum atomic E-state index is -0.295. The number of ketones is 1. The number of benzene rings is 2. The molecule has 0 bridgehead atoms. The number of rotatable bonds is 7. The molecule has 0 spiro atoms. The highest BCUT2D eigenvalue weighted by atomic mass is 79.9. The highest BCUT2D eigenvalue weighted by Gasteiger charge is 2.34. The van der Waals surface area contributed by atoms with Gasteiger partial charge in [-0.3, -0.25) is 4.79 Å². The van der Waals surface area contributed by atoms with Gasteiger partial charge in [0.05, 0.1) is 29.8 Å². The van der Waals surface area contributed by atoms with E-state index in [0.29, 0.717) is 5.56 Å². The van der Waals surface area contributed by atoms with Crippen molar-refractivity contribution in [1.29, 1.82) is 0 Å². The van der Waals surface area contributed by atoms with E-state index in [2.05, 4.69) is 79.6 Å². The normalized spacial score (nSPS) is 18.6. The van der Waals surface area contributed by atoms with Crippen LogP contribution in [0.5, 0.6) is 11.5 Å². The molecule has 0 aromatic heterocycles. The lowest BCUT2D eigenvalue weighted by Gasteiger charge is -2.28. The number of carbonyl (C=O) groups is 1. The number of halogens is 1. The smallest absolute Gasteiger partial charge is 0.182 e. The second-order valence-corrected chi connectivity index (χ2v) is 12.3. The van der Waals surface area contributed by atoms with Crippen LogP contribution in [-0.4, -0.2) is 41.8 Å². The number of phenols is 1. The van der Waals surface area contributed by atoms with Gasteiger partial charge >= 0.3 is 0 Å². The Morgan fingerprint density at radius 1 is 1.11 bits per heavy atom. The standard InChI is InChI=1S/C31H41BrN2O3/c1-9-10-21-18-34(29(33-32)24(21)15-20-11-13-23(37-8)14-12-20)19-27(35)22-16-25(30(2,3)4)28(36)26(17-22)31(5,6)7/h11-17,21,36H,9-10,18-19H2,1-8H3/b24-15+,33-29?. The Bertz CT molecular complexity index is 1150. The third-order valence-electron chi connectivity index (χ3n) is 6.98. The van der Waals surface area contributed by atoms with Crippen LogP contribution in [-0.2, 0) is 10.8 Å². The molecule has 1 heterocycles. The van der Waals surface area contributed by atoms with Crippen molar-refractivity contribution in [3.8, 4) is 11.5 Å². The van der Waals surface area contributed by atoms with Crippen LogP contribution in [0.1, 0.15) is 88.4 Å². The average Bonchev–Trinajstić information content (AvgIpc) is 3.13. The van der Waals surface area contributed by atoms with Crippen molar-refractivity contribution in [1.82, 2.24) is 4.90 Å². The van der Waals surface area contributed by atoms with E-state index in [4.69, 9.17) is 4.74 Å². The van der Waals surface area contributed by atoms with Gasteiger partial charge in [-0.2, -0.15) is 4.02 Å². The first-order chi connectivity index (χ1) is 17.3. The molecule has 3 rings (SSSR count). The number of hydrogen-bond acceptors (Lipinski definition) is 4. The van der Waals surface area contributed by atoms with Gasteiger partial charge in [-0.25, -0.2) is 0 Å². The maximum atomic E-state index is 13.7. The monoisotopic (exact) mass is 568 g/mol. The van der Waals surface area contributed by atoms with E-state index < -0.39 is 0 Å². The maximum Gasteiger partial charge on any atom is 0.182 e. The molecule has 2 aromatic rings. The van der Waals surface area contributed by atoms with Crippen LogP contribution in [0.4, 0.5) is 0 Å². The van der Waals surface area contributed by atoms with E-state index >= 15 is 0 Å². The van der Waals surface area contributed by atoms with Crippen LogP contribution < -0.4 is 4.74 Å². The zero-order valence-electron chi connectivity index (χ0n) is 23.5. The van der Waals surface area contributed by atoms with Crippen LogP contribution >= 0.6 is 16.1 Å². The number of hydrogen-bond donors (Lipinski definition) is 1. The number of amidine groups is 1. The number of likely N-dealkylation sites (tertiary alicyclic amines) is 1. The topological polar surface area (TPSA) is 62.1 Å². The lowest BCUT2D eigenvalue weighted by Crippen LogP contribution is -2.32. The summed E-state index contributed by atoms with van der Waals surface area (Å²) in [4.78, 5) is 15.8. The summed E-state index contributed by atoms with van der Waals surface area (Å²) in [5, 5.41) is 11.1. The predicted octanol–water partition coefficient (Wildman–Crippen LogP) is 7.70. The average molecular weight is 570 g/mol. The fourth-order valence-corrected chi connectivity index (χ4v) is 5.35. The molecule has 1 aliphatic rings. The van der Waals surface area contributed by atoms with Crippen LogP contribution in [0.3, 0.4) is 0 Å². The molecule has 1 aliphatic heterocycles. The summed E-state index contributed by atoms with van der Waals surface area (Å²) in [5.74, 6) is 2.21. The number of Topliss-reactive ketones (excluding diaryl/α,β-unsaturated/α-hetero) is 1. The van der Waals surface area contributed by atoms with Crippen molar-refractivity contribution >= 4 is 33.8 Å². The van der Waals surface area contributed by atoms with Crippen LogP contribution in [0.2, 0.25) is 0 Å². The molecular formula is C31H41BrN2O3. The van der Waals surface area contributed by atoms with Gasteiger partial charge < -0.3 is 14.7 Å². The zero-order valence-corrected chi connectivity index (χ0v) is 25.1. The Kier molecular flexibility index (Phi) is 8.94. The number of aromatic hydroxyl groups is 1. The van der Waals surface area contributed by atoms with Crippen molar-refractivity contribution in [2.24, 2.45) is 9.94 Å². The van der Waals surface area contributed by atoms with Gasteiger partial charge in [-0.15, -0.1) is 0 Å². The summed E-state index contributed by atoms with van der Waals surface area (Å²) in [6, 6.07) is 11.7. The lowest BCUT2D eigenvalue weighted by atomic mass is 9.78.